The molecule has 0 heterocycles. The molecule has 0 amide bonds. The van der Waals surface area contributed by atoms with Gasteiger partial charge in [0.2, 0.25) is 0 Å². The average Bonchev–Trinajstić information content (AvgIpc) is 2.90. The molecule has 0 spiro atoms. The van der Waals surface area contributed by atoms with Crippen LogP contribution in [0.2, 0.25) is 0 Å². The number of unbranched alkanes of at least 4 members (excludes halogenated alkanes) is 10. The molecule has 0 bridgehead atoms. The fraction of sp³-hybridized carbons (Fsp3) is 0.471. The number of hydrogen-bond acceptors (Lipinski definition) is 0. The van der Waals surface area contributed by atoms with Crippen LogP contribution in [0.3, 0.4) is 0 Å². The Balaban J connectivity index is 1.72. The van der Waals surface area contributed by atoms with E-state index in [1.165, 1.54) is 106 Å². The first kappa shape index (κ1) is 27.7. The van der Waals surface area contributed by atoms with Crippen LogP contribution in [0.15, 0.2) is 78.9 Å². The van der Waals surface area contributed by atoms with Crippen molar-refractivity contribution in [2.24, 2.45) is 0 Å². The molecular weight excluding hydrogens is 439 g/mol. The second kappa shape index (κ2) is 16.7. The summed E-state index contributed by atoms with van der Waals surface area (Å²) in [6, 6.07) is 30.1. The van der Waals surface area contributed by atoms with Crippen molar-refractivity contribution in [1.29, 1.82) is 0 Å². The first-order chi connectivity index (χ1) is 17.3. The molecule has 3 rings (SSSR count). The molecule has 1 unspecified atom stereocenters. The van der Waals surface area contributed by atoms with Gasteiger partial charge in [0.25, 0.3) is 0 Å². The van der Waals surface area contributed by atoms with Crippen molar-refractivity contribution in [3.05, 3.63) is 90.0 Å². The number of aryl methyl sites for hydroxylation is 2. The molecule has 0 nitrogen and oxygen atoms in total. The van der Waals surface area contributed by atoms with Gasteiger partial charge in [-0.25, -0.2) is 0 Å². The predicted octanol–water partition coefficient (Wildman–Crippen LogP) is 9.25. The fourth-order valence-corrected chi connectivity index (χ4v) is 7.44. The van der Waals surface area contributed by atoms with Crippen molar-refractivity contribution in [3.63, 3.8) is 0 Å². The lowest BCUT2D eigenvalue weighted by atomic mass is 10.0. The van der Waals surface area contributed by atoms with Gasteiger partial charge >= 0.3 is 0 Å². The van der Waals surface area contributed by atoms with E-state index in [1.807, 2.05) is 0 Å². The summed E-state index contributed by atoms with van der Waals surface area (Å²) < 4.78 is 0. The molecule has 0 saturated carbocycles. The maximum atomic E-state index is 2.42. The highest BCUT2D eigenvalue weighted by molar-refractivity contribution is 7.79. The van der Waals surface area contributed by atoms with Gasteiger partial charge in [-0.3, -0.25) is 0 Å². The summed E-state index contributed by atoms with van der Waals surface area (Å²) in [7, 11) is -0.532. The van der Waals surface area contributed by atoms with Gasteiger partial charge in [-0.2, -0.15) is 0 Å². The van der Waals surface area contributed by atoms with Gasteiger partial charge in [-0.05, 0) is 60.6 Å². The minimum atomic E-state index is -0.532. The topological polar surface area (TPSA) is 0 Å². The van der Waals surface area contributed by atoms with Gasteiger partial charge in [-0.1, -0.05) is 157 Å². The van der Waals surface area contributed by atoms with Crippen LogP contribution in [-0.4, -0.2) is 0 Å². The van der Waals surface area contributed by atoms with E-state index in [1.54, 1.807) is 10.9 Å². The SMILES string of the molecule is CCCCCCCCc1ccc(P(c2ccccc2)c2ccccc2CCCCCCCC)cc1. The Kier molecular flexibility index (Phi) is 13.2. The predicted molar refractivity (Wildman–Crippen MR) is 159 cm³/mol. The van der Waals surface area contributed by atoms with E-state index in [9.17, 15) is 0 Å². The number of rotatable bonds is 17. The van der Waals surface area contributed by atoms with Gasteiger partial charge in [0.15, 0.2) is 0 Å². The summed E-state index contributed by atoms with van der Waals surface area (Å²) in [5, 5.41) is 4.49. The quantitative estimate of drug-likeness (QED) is 0.132. The van der Waals surface area contributed by atoms with Gasteiger partial charge in [0, 0.05) is 0 Å². The second-order valence-corrected chi connectivity index (χ2v) is 12.2. The molecule has 0 aliphatic heterocycles. The third kappa shape index (κ3) is 9.57. The lowest BCUT2D eigenvalue weighted by molar-refractivity contribution is 0.607. The molecule has 0 radical (unpaired) electrons. The minimum absolute atomic E-state index is 0.532. The smallest absolute Gasteiger partial charge is 0.0119 e. The minimum Gasteiger partial charge on any atom is -0.0654 e. The molecule has 35 heavy (non-hydrogen) atoms. The Morgan fingerprint density at radius 2 is 0.971 bits per heavy atom. The van der Waals surface area contributed by atoms with Crippen LogP contribution in [0.5, 0.6) is 0 Å². The van der Waals surface area contributed by atoms with Crippen molar-refractivity contribution in [3.8, 4) is 0 Å². The van der Waals surface area contributed by atoms with Crippen molar-refractivity contribution < 1.29 is 0 Å². The standard InChI is InChI=1S/C34H47P/c1-3-5-7-9-11-14-20-30-26-28-33(29-27-30)35(32-23-16-13-17-24-32)34-25-19-18-22-31(34)21-15-12-10-8-6-4-2/h13,16-19,22-29H,3-12,14-15,20-21H2,1-2H3. The van der Waals surface area contributed by atoms with Crippen molar-refractivity contribution >= 4 is 23.8 Å². The summed E-state index contributed by atoms with van der Waals surface area (Å²) in [5.74, 6) is 0. The van der Waals surface area contributed by atoms with Crippen molar-refractivity contribution in [2.75, 3.05) is 0 Å². The molecule has 1 heteroatoms. The van der Waals surface area contributed by atoms with Gasteiger partial charge in [-0.15, -0.1) is 0 Å². The molecule has 3 aromatic rings. The van der Waals surface area contributed by atoms with Crippen LogP contribution in [0.1, 0.15) is 102 Å². The van der Waals surface area contributed by atoms with E-state index in [0.29, 0.717) is 0 Å². The number of hydrogen-bond donors (Lipinski definition) is 0. The maximum absolute atomic E-state index is 2.42. The molecule has 0 N–H and O–H groups in total. The Morgan fingerprint density at radius 3 is 1.63 bits per heavy atom. The van der Waals surface area contributed by atoms with E-state index in [4.69, 9.17) is 0 Å². The maximum Gasteiger partial charge on any atom is -0.0119 e. The monoisotopic (exact) mass is 486 g/mol. The Bertz CT molecular complexity index is 928. The first-order valence-electron chi connectivity index (χ1n) is 14.4. The molecule has 0 saturated heterocycles. The summed E-state index contributed by atoms with van der Waals surface area (Å²) in [5.41, 5.74) is 3.04. The Hall–Kier alpha value is -1.91. The van der Waals surface area contributed by atoms with Crippen LogP contribution in [-0.2, 0) is 12.8 Å². The second-order valence-electron chi connectivity index (χ2n) is 10.0. The summed E-state index contributed by atoms with van der Waals surface area (Å²) >= 11 is 0. The third-order valence-corrected chi connectivity index (χ3v) is 9.61. The van der Waals surface area contributed by atoms with Crippen LogP contribution >= 0.6 is 7.92 Å². The summed E-state index contributed by atoms with van der Waals surface area (Å²) in [4.78, 5) is 0. The van der Waals surface area contributed by atoms with E-state index in [-0.39, 0.29) is 0 Å². The van der Waals surface area contributed by atoms with Crippen LogP contribution < -0.4 is 15.9 Å². The van der Waals surface area contributed by atoms with Crippen molar-refractivity contribution in [2.45, 2.75) is 104 Å². The normalized spacial score (nSPS) is 12.1. The van der Waals surface area contributed by atoms with Crippen LogP contribution in [0, 0.1) is 0 Å². The zero-order valence-corrected chi connectivity index (χ0v) is 23.2. The largest absolute Gasteiger partial charge is 0.0654 e. The van der Waals surface area contributed by atoms with Gasteiger partial charge in [0.05, 0.1) is 0 Å². The van der Waals surface area contributed by atoms with Gasteiger partial charge in [0.1, 0.15) is 0 Å². The van der Waals surface area contributed by atoms with Gasteiger partial charge < -0.3 is 0 Å². The highest BCUT2D eigenvalue weighted by Gasteiger charge is 2.19. The highest BCUT2D eigenvalue weighted by Crippen LogP contribution is 2.34. The lowest BCUT2D eigenvalue weighted by Gasteiger charge is -2.22. The first-order valence-corrected chi connectivity index (χ1v) is 15.7. The molecule has 0 fully saturated rings. The molecule has 1 atom stereocenters. The summed E-state index contributed by atoms with van der Waals surface area (Å²) in [6.45, 7) is 4.59. The zero-order chi connectivity index (χ0) is 24.6. The number of benzene rings is 3. The van der Waals surface area contributed by atoms with E-state index in [2.05, 4.69) is 92.7 Å². The van der Waals surface area contributed by atoms with Crippen LogP contribution in [0.25, 0.3) is 0 Å². The Morgan fingerprint density at radius 1 is 0.457 bits per heavy atom. The molecule has 188 valence electrons. The average molecular weight is 487 g/mol. The fourth-order valence-electron chi connectivity index (χ4n) is 4.96. The highest BCUT2D eigenvalue weighted by atomic mass is 31.1. The molecule has 3 aromatic carbocycles. The molecule has 0 aromatic heterocycles. The Labute approximate surface area is 217 Å². The van der Waals surface area contributed by atoms with E-state index < -0.39 is 7.92 Å². The molecular formula is C34H47P. The van der Waals surface area contributed by atoms with Crippen LogP contribution in [0.4, 0.5) is 0 Å². The third-order valence-electron chi connectivity index (χ3n) is 7.06. The lowest BCUT2D eigenvalue weighted by Crippen LogP contribution is -2.23. The molecule has 0 aliphatic carbocycles. The molecule has 0 aliphatic rings. The summed E-state index contributed by atoms with van der Waals surface area (Å²) in [6.07, 6.45) is 18.7. The van der Waals surface area contributed by atoms with E-state index in [0.717, 1.165) is 0 Å². The van der Waals surface area contributed by atoms with E-state index >= 15 is 0 Å². The zero-order valence-electron chi connectivity index (χ0n) is 22.4. The van der Waals surface area contributed by atoms with Crippen molar-refractivity contribution in [1.82, 2.24) is 0 Å².